The first-order chi connectivity index (χ1) is 8.41. The highest BCUT2D eigenvalue weighted by Gasteiger charge is 1.92. The van der Waals surface area contributed by atoms with Gasteiger partial charge in [-0.3, -0.25) is 0 Å². The summed E-state index contributed by atoms with van der Waals surface area (Å²) in [5, 5.41) is 0. The van der Waals surface area contributed by atoms with Crippen LogP contribution in [0, 0.1) is 0 Å². The van der Waals surface area contributed by atoms with Crippen LogP contribution in [0.3, 0.4) is 0 Å². The van der Waals surface area contributed by atoms with Crippen molar-refractivity contribution in [2.45, 2.75) is 33.1 Å². The van der Waals surface area contributed by atoms with Gasteiger partial charge in [0.15, 0.2) is 0 Å². The Kier molecular flexibility index (Phi) is 15.7. The molecule has 0 aliphatic heterocycles. The van der Waals surface area contributed by atoms with Gasteiger partial charge in [0.1, 0.15) is 0 Å². The summed E-state index contributed by atoms with van der Waals surface area (Å²) in [7, 11) is 0. The highest BCUT2D eigenvalue weighted by molar-refractivity contribution is 4.41. The van der Waals surface area contributed by atoms with E-state index < -0.39 is 0 Å². The van der Waals surface area contributed by atoms with Crippen LogP contribution in [0.4, 0.5) is 0 Å². The highest BCUT2D eigenvalue weighted by Crippen LogP contribution is 1.96. The Bertz CT molecular complexity index is 117. The number of hydrogen-bond acceptors (Lipinski definition) is 4. The van der Waals surface area contributed by atoms with Crippen LogP contribution >= 0.6 is 0 Å². The molecule has 0 unspecified atom stereocenters. The molecule has 0 aromatic rings. The molecular weight excluding hydrogens is 220 g/mol. The van der Waals surface area contributed by atoms with Crippen molar-refractivity contribution in [2.24, 2.45) is 0 Å². The number of rotatable bonds is 14. The quantitative estimate of drug-likeness (QED) is 0.442. The summed E-state index contributed by atoms with van der Waals surface area (Å²) in [5.74, 6) is 0. The summed E-state index contributed by atoms with van der Waals surface area (Å²) in [6.07, 6.45) is 3.35. The lowest BCUT2D eigenvalue weighted by Gasteiger charge is -2.05. The molecule has 0 bridgehead atoms. The fourth-order valence-corrected chi connectivity index (χ4v) is 1.31. The summed E-state index contributed by atoms with van der Waals surface area (Å²) in [4.78, 5) is 0. The number of ether oxygens (including phenoxy) is 4. The zero-order chi connectivity index (χ0) is 12.6. The summed E-state index contributed by atoms with van der Waals surface area (Å²) < 4.78 is 21.2. The van der Waals surface area contributed by atoms with E-state index in [1.165, 1.54) is 0 Å². The van der Waals surface area contributed by atoms with Gasteiger partial charge in [-0.2, -0.15) is 0 Å². The fourth-order valence-electron chi connectivity index (χ4n) is 1.31. The van der Waals surface area contributed by atoms with Crippen LogP contribution in [-0.4, -0.2) is 52.9 Å². The molecule has 0 rings (SSSR count). The molecule has 0 saturated carbocycles. The third-order valence-corrected chi connectivity index (χ3v) is 2.23. The predicted molar refractivity (Wildman–Crippen MR) is 68.5 cm³/mol. The van der Waals surface area contributed by atoms with Gasteiger partial charge in [0.25, 0.3) is 0 Å². The van der Waals surface area contributed by atoms with E-state index >= 15 is 0 Å². The topological polar surface area (TPSA) is 36.9 Å². The Morgan fingerprint density at radius 2 is 0.882 bits per heavy atom. The molecule has 0 N–H and O–H groups in total. The van der Waals surface area contributed by atoms with Crippen molar-refractivity contribution in [1.29, 1.82) is 0 Å². The summed E-state index contributed by atoms with van der Waals surface area (Å²) in [6.45, 7) is 9.99. The standard InChI is InChI=1S/C13H28O4/c1-3-14-10-12-16-8-6-5-7-9-17-13-11-15-4-2/h3-13H2,1-2H3. The second-order valence-corrected chi connectivity index (χ2v) is 3.68. The molecule has 4 nitrogen and oxygen atoms in total. The van der Waals surface area contributed by atoms with E-state index in [1.807, 2.05) is 13.8 Å². The minimum absolute atomic E-state index is 0.705. The molecule has 0 amide bonds. The lowest BCUT2D eigenvalue weighted by molar-refractivity contribution is 0.0443. The van der Waals surface area contributed by atoms with Crippen LogP contribution in [0.25, 0.3) is 0 Å². The summed E-state index contributed by atoms with van der Waals surface area (Å²) in [6, 6.07) is 0. The Morgan fingerprint density at radius 1 is 0.471 bits per heavy atom. The molecule has 0 spiro atoms. The van der Waals surface area contributed by atoms with Gasteiger partial charge in [0, 0.05) is 26.4 Å². The predicted octanol–water partition coefficient (Wildman–Crippen LogP) is 2.26. The average molecular weight is 248 g/mol. The molecular formula is C13H28O4. The van der Waals surface area contributed by atoms with Crippen LogP contribution < -0.4 is 0 Å². The van der Waals surface area contributed by atoms with E-state index in [4.69, 9.17) is 18.9 Å². The third-order valence-electron chi connectivity index (χ3n) is 2.23. The normalized spacial score (nSPS) is 10.9. The van der Waals surface area contributed by atoms with E-state index in [2.05, 4.69) is 0 Å². The molecule has 0 aliphatic carbocycles. The largest absolute Gasteiger partial charge is 0.379 e. The Labute approximate surface area is 106 Å². The van der Waals surface area contributed by atoms with Crippen molar-refractivity contribution in [3.63, 3.8) is 0 Å². The van der Waals surface area contributed by atoms with Gasteiger partial charge in [-0.25, -0.2) is 0 Å². The van der Waals surface area contributed by atoms with Gasteiger partial charge in [-0.05, 0) is 33.1 Å². The van der Waals surface area contributed by atoms with Gasteiger partial charge in [0.05, 0.1) is 26.4 Å². The SMILES string of the molecule is CCOCCOCCCCCOCCOCC. The summed E-state index contributed by atoms with van der Waals surface area (Å²) >= 11 is 0. The zero-order valence-electron chi connectivity index (χ0n) is 11.4. The van der Waals surface area contributed by atoms with Gasteiger partial charge in [-0.1, -0.05) is 0 Å². The first-order valence-corrected chi connectivity index (χ1v) is 6.72. The van der Waals surface area contributed by atoms with Crippen LogP contribution in [0.5, 0.6) is 0 Å². The van der Waals surface area contributed by atoms with E-state index in [-0.39, 0.29) is 0 Å². The minimum atomic E-state index is 0.705. The Balaban J connectivity index is 2.85. The van der Waals surface area contributed by atoms with E-state index in [0.717, 1.165) is 45.7 Å². The first-order valence-electron chi connectivity index (χ1n) is 6.72. The second-order valence-electron chi connectivity index (χ2n) is 3.68. The summed E-state index contributed by atoms with van der Waals surface area (Å²) in [5.41, 5.74) is 0. The maximum absolute atomic E-state index is 5.41. The van der Waals surface area contributed by atoms with Crippen molar-refractivity contribution >= 4 is 0 Å². The molecule has 0 heterocycles. The van der Waals surface area contributed by atoms with E-state index in [9.17, 15) is 0 Å². The van der Waals surface area contributed by atoms with Crippen molar-refractivity contribution in [2.75, 3.05) is 52.9 Å². The van der Waals surface area contributed by atoms with Crippen LogP contribution in [-0.2, 0) is 18.9 Å². The highest BCUT2D eigenvalue weighted by atomic mass is 16.5. The molecule has 0 aliphatic rings. The average Bonchev–Trinajstić information content (AvgIpc) is 2.35. The third kappa shape index (κ3) is 15.8. The molecule has 4 heteroatoms. The molecule has 0 aromatic carbocycles. The molecule has 0 aromatic heterocycles. The van der Waals surface area contributed by atoms with Crippen molar-refractivity contribution < 1.29 is 18.9 Å². The Hall–Kier alpha value is -0.160. The molecule has 0 fully saturated rings. The van der Waals surface area contributed by atoms with Crippen molar-refractivity contribution in [3.8, 4) is 0 Å². The molecule has 104 valence electrons. The number of unbranched alkanes of at least 4 members (excludes halogenated alkanes) is 2. The zero-order valence-corrected chi connectivity index (χ0v) is 11.4. The van der Waals surface area contributed by atoms with E-state index in [1.54, 1.807) is 0 Å². The van der Waals surface area contributed by atoms with Gasteiger partial charge >= 0.3 is 0 Å². The number of hydrogen-bond donors (Lipinski definition) is 0. The Morgan fingerprint density at radius 3 is 1.29 bits per heavy atom. The van der Waals surface area contributed by atoms with E-state index in [0.29, 0.717) is 26.4 Å². The van der Waals surface area contributed by atoms with Gasteiger partial charge in [-0.15, -0.1) is 0 Å². The smallest absolute Gasteiger partial charge is 0.0700 e. The monoisotopic (exact) mass is 248 g/mol. The van der Waals surface area contributed by atoms with Crippen LogP contribution in [0.15, 0.2) is 0 Å². The maximum atomic E-state index is 5.41. The van der Waals surface area contributed by atoms with Gasteiger partial charge in [0.2, 0.25) is 0 Å². The van der Waals surface area contributed by atoms with Crippen molar-refractivity contribution in [3.05, 3.63) is 0 Å². The second kappa shape index (κ2) is 15.8. The maximum Gasteiger partial charge on any atom is 0.0700 e. The van der Waals surface area contributed by atoms with Crippen molar-refractivity contribution in [1.82, 2.24) is 0 Å². The molecule has 17 heavy (non-hydrogen) atoms. The lowest BCUT2D eigenvalue weighted by atomic mass is 10.2. The van der Waals surface area contributed by atoms with Gasteiger partial charge < -0.3 is 18.9 Å². The molecule has 0 saturated heterocycles. The minimum Gasteiger partial charge on any atom is -0.379 e. The fraction of sp³-hybridized carbons (Fsp3) is 1.00. The van der Waals surface area contributed by atoms with Crippen LogP contribution in [0.2, 0.25) is 0 Å². The molecule has 0 radical (unpaired) electrons. The van der Waals surface area contributed by atoms with Crippen LogP contribution in [0.1, 0.15) is 33.1 Å². The first kappa shape index (κ1) is 16.8. The molecule has 0 atom stereocenters. The lowest BCUT2D eigenvalue weighted by Crippen LogP contribution is -2.06.